The van der Waals surface area contributed by atoms with Gasteiger partial charge in [0.2, 0.25) is 0 Å². The van der Waals surface area contributed by atoms with E-state index in [2.05, 4.69) is 21.0 Å². The number of nitrogens with zero attached hydrogens (tertiary/aromatic N) is 1. The molecule has 100 valence electrons. The number of amides is 2. The van der Waals surface area contributed by atoms with Crippen molar-refractivity contribution in [3.05, 3.63) is 40.7 Å². The second-order valence-electron chi connectivity index (χ2n) is 4.13. The number of thiophene rings is 1. The lowest BCUT2D eigenvalue weighted by molar-refractivity contribution is 0.240. The second kappa shape index (κ2) is 6.89. The average molecular weight is 275 g/mol. The maximum Gasteiger partial charge on any atom is 0.315 e. The van der Waals surface area contributed by atoms with E-state index in [1.165, 1.54) is 0 Å². The van der Waals surface area contributed by atoms with Gasteiger partial charge in [-0.15, -0.1) is 0 Å². The fourth-order valence-electron chi connectivity index (χ4n) is 1.72. The first kappa shape index (κ1) is 13.5. The third kappa shape index (κ3) is 3.79. The molecule has 2 aromatic heterocycles. The van der Waals surface area contributed by atoms with Crippen molar-refractivity contribution in [2.75, 3.05) is 6.54 Å². The first-order chi connectivity index (χ1) is 9.31. The Balaban J connectivity index is 2.03. The van der Waals surface area contributed by atoms with Gasteiger partial charge in [0, 0.05) is 30.2 Å². The molecule has 2 amide bonds. The molecule has 5 heteroatoms. The van der Waals surface area contributed by atoms with Crippen molar-refractivity contribution >= 4 is 17.4 Å². The van der Waals surface area contributed by atoms with Crippen LogP contribution in [0.5, 0.6) is 0 Å². The van der Waals surface area contributed by atoms with Crippen molar-refractivity contribution in [1.82, 2.24) is 15.6 Å². The van der Waals surface area contributed by atoms with Gasteiger partial charge in [-0.2, -0.15) is 11.3 Å². The van der Waals surface area contributed by atoms with E-state index in [1.807, 2.05) is 30.5 Å². The number of urea groups is 1. The largest absolute Gasteiger partial charge is 0.338 e. The summed E-state index contributed by atoms with van der Waals surface area (Å²) >= 11 is 1.64. The van der Waals surface area contributed by atoms with E-state index in [4.69, 9.17) is 0 Å². The fourth-order valence-corrected chi connectivity index (χ4v) is 2.36. The topological polar surface area (TPSA) is 54.0 Å². The van der Waals surface area contributed by atoms with Gasteiger partial charge in [0.15, 0.2) is 0 Å². The normalized spacial score (nSPS) is 10.2. The molecule has 0 unspecified atom stereocenters. The predicted octanol–water partition coefficient (Wildman–Crippen LogP) is 3.02. The maximum atomic E-state index is 11.5. The Morgan fingerprint density at radius 3 is 3.00 bits per heavy atom. The number of carbonyl (C=O) groups is 1. The van der Waals surface area contributed by atoms with Crippen LogP contribution in [0.3, 0.4) is 0 Å². The predicted molar refractivity (Wildman–Crippen MR) is 78.1 cm³/mol. The highest BCUT2D eigenvalue weighted by molar-refractivity contribution is 7.08. The van der Waals surface area contributed by atoms with Crippen LogP contribution in [-0.2, 0) is 6.54 Å². The summed E-state index contributed by atoms with van der Waals surface area (Å²) in [6.45, 7) is 3.20. The number of rotatable bonds is 5. The fraction of sp³-hybridized carbons (Fsp3) is 0.286. The van der Waals surface area contributed by atoms with Crippen molar-refractivity contribution in [3.8, 4) is 11.3 Å². The van der Waals surface area contributed by atoms with Crippen molar-refractivity contribution in [1.29, 1.82) is 0 Å². The zero-order valence-electron chi connectivity index (χ0n) is 10.8. The lowest BCUT2D eigenvalue weighted by Gasteiger charge is -2.09. The molecule has 2 N–H and O–H groups in total. The van der Waals surface area contributed by atoms with Gasteiger partial charge in [0.05, 0.1) is 5.69 Å². The van der Waals surface area contributed by atoms with Crippen LogP contribution in [0, 0.1) is 0 Å². The van der Waals surface area contributed by atoms with Crippen LogP contribution in [0.2, 0.25) is 0 Å². The zero-order valence-corrected chi connectivity index (χ0v) is 11.7. The molecule has 0 aliphatic carbocycles. The number of carbonyl (C=O) groups excluding carboxylic acids is 1. The molecular weight excluding hydrogens is 258 g/mol. The van der Waals surface area contributed by atoms with Gasteiger partial charge in [-0.1, -0.05) is 13.0 Å². The van der Waals surface area contributed by atoms with Crippen molar-refractivity contribution < 1.29 is 4.79 Å². The Hall–Kier alpha value is -1.88. The van der Waals surface area contributed by atoms with Gasteiger partial charge in [-0.3, -0.25) is 4.98 Å². The van der Waals surface area contributed by atoms with E-state index in [9.17, 15) is 4.79 Å². The highest BCUT2D eigenvalue weighted by Crippen LogP contribution is 2.23. The van der Waals surface area contributed by atoms with E-state index < -0.39 is 0 Å². The van der Waals surface area contributed by atoms with Crippen molar-refractivity contribution in [3.63, 3.8) is 0 Å². The standard InChI is InChI=1S/C14H17N3OS/c1-2-6-16-14(18)17-9-11-4-3-7-15-13(11)12-5-8-19-10-12/h3-5,7-8,10H,2,6,9H2,1H3,(H2,16,17,18). The third-order valence-corrected chi connectivity index (χ3v) is 3.34. The lowest BCUT2D eigenvalue weighted by Crippen LogP contribution is -2.35. The summed E-state index contributed by atoms with van der Waals surface area (Å²) in [6.07, 6.45) is 2.70. The second-order valence-corrected chi connectivity index (χ2v) is 4.91. The monoisotopic (exact) mass is 275 g/mol. The van der Waals surface area contributed by atoms with Crippen LogP contribution in [0.25, 0.3) is 11.3 Å². The molecule has 2 aromatic rings. The van der Waals surface area contributed by atoms with E-state index in [1.54, 1.807) is 17.5 Å². The summed E-state index contributed by atoms with van der Waals surface area (Å²) in [7, 11) is 0. The smallest absolute Gasteiger partial charge is 0.315 e. The molecule has 0 spiro atoms. The number of hydrogen-bond acceptors (Lipinski definition) is 3. The Morgan fingerprint density at radius 1 is 1.37 bits per heavy atom. The summed E-state index contributed by atoms with van der Waals surface area (Å²) in [5.74, 6) is 0. The minimum Gasteiger partial charge on any atom is -0.338 e. The Kier molecular flexibility index (Phi) is 4.92. The van der Waals surface area contributed by atoms with Crippen LogP contribution in [0.4, 0.5) is 4.79 Å². The molecule has 19 heavy (non-hydrogen) atoms. The number of nitrogens with one attached hydrogen (secondary N) is 2. The van der Waals surface area contributed by atoms with Crippen molar-refractivity contribution in [2.24, 2.45) is 0 Å². The summed E-state index contributed by atoms with van der Waals surface area (Å²) in [6, 6.07) is 5.77. The Labute approximate surface area is 116 Å². The molecule has 2 rings (SSSR count). The first-order valence-electron chi connectivity index (χ1n) is 6.29. The number of hydrogen-bond donors (Lipinski definition) is 2. The maximum absolute atomic E-state index is 11.5. The first-order valence-corrected chi connectivity index (χ1v) is 7.23. The summed E-state index contributed by atoms with van der Waals surface area (Å²) in [5, 5.41) is 9.72. The minimum atomic E-state index is -0.137. The quantitative estimate of drug-likeness (QED) is 0.881. The van der Waals surface area contributed by atoms with Gasteiger partial charge >= 0.3 is 6.03 Å². The molecule has 0 saturated heterocycles. The molecule has 0 aliphatic rings. The van der Waals surface area contributed by atoms with Gasteiger partial charge in [-0.25, -0.2) is 4.79 Å². The molecule has 4 nitrogen and oxygen atoms in total. The molecule has 0 radical (unpaired) electrons. The summed E-state index contributed by atoms with van der Waals surface area (Å²) < 4.78 is 0. The minimum absolute atomic E-state index is 0.137. The van der Waals surface area contributed by atoms with Crippen LogP contribution in [0.1, 0.15) is 18.9 Å². The SMILES string of the molecule is CCCNC(=O)NCc1cccnc1-c1ccsc1. The van der Waals surface area contributed by atoms with Crippen LogP contribution in [-0.4, -0.2) is 17.6 Å². The van der Waals surface area contributed by atoms with Crippen molar-refractivity contribution in [2.45, 2.75) is 19.9 Å². The lowest BCUT2D eigenvalue weighted by atomic mass is 10.1. The van der Waals surface area contributed by atoms with Crippen LogP contribution in [0.15, 0.2) is 35.2 Å². The zero-order chi connectivity index (χ0) is 13.5. The highest BCUT2D eigenvalue weighted by atomic mass is 32.1. The van der Waals surface area contributed by atoms with E-state index in [0.717, 1.165) is 23.2 Å². The van der Waals surface area contributed by atoms with Crippen LogP contribution >= 0.6 is 11.3 Å². The molecule has 0 aromatic carbocycles. The third-order valence-electron chi connectivity index (χ3n) is 2.66. The average Bonchev–Trinajstić information content (AvgIpc) is 2.97. The summed E-state index contributed by atoms with van der Waals surface area (Å²) in [5.41, 5.74) is 3.04. The van der Waals surface area contributed by atoms with Gasteiger partial charge in [0.25, 0.3) is 0 Å². The van der Waals surface area contributed by atoms with Gasteiger partial charge in [-0.05, 0) is 29.5 Å². The molecule has 0 atom stereocenters. The van der Waals surface area contributed by atoms with E-state index in [-0.39, 0.29) is 6.03 Å². The number of aromatic nitrogens is 1. The molecule has 0 bridgehead atoms. The Bertz CT molecular complexity index is 525. The molecule has 0 aliphatic heterocycles. The van der Waals surface area contributed by atoms with E-state index in [0.29, 0.717) is 13.1 Å². The molecule has 0 fully saturated rings. The van der Waals surface area contributed by atoms with E-state index >= 15 is 0 Å². The highest BCUT2D eigenvalue weighted by Gasteiger charge is 2.07. The summed E-state index contributed by atoms with van der Waals surface area (Å²) in [4.78, 5) is 15.9. The van der Waals surface area contributed by atoms with Gasteiger partial charge in [0.1, 0.15) is 0 Å². The Morgan fingerprint density at radius 2 is 2.26 bits per heavy atom. The molecular formula is C14H17N3OS. The molecule has 2 heterocycles. The van der Waals surface area contributed by atoms with Crippen LogP contribution < -0.4 is 10.6 Å². The number of pyridine rings is 1. The molecule has 0 saturated carbocycles. The van der Waals surface area contributed by atoms with Gasteiger partial charge < -0.3 is 10.6 Å².